The predicted octanol–water partition coefficient (Wildman–Crippen LogP) is 2.36. The molecule has 2 nitrogen and oxygen atoms in total. The van der Waals surface area contributed by atoms with Crippen molar-refractivity contribution in [3.05, 3.63) is 30.1 Å². The van der Waals surface area contributed by atoms with Gasteiger partial charge in [0.1, 0.15) is 5.82 Å². The van der Waals surface area contributed by atoms with Crippen molar-refractivity contribution in [3.8, 4) is 0 Å². The first-order valence-corrected chi connectivity index (χ1v) is 6.80. The Labute approximate surface area is 97.3 Å². The molecule has 2 rings (SSSR count). The van der Waals surface area contributed by atoms with Gasteiger partial charge in [0, 0.05) is 19.0 Å². The highest BCUT2D eigenvalue weighted by Gasteiger charge is 2.18. The lowest BCUT2D eigenvalue weighted by atomic mass is 10.0. The zero-order chi connectivity index (χ0) is 11.4. The molecular formula is C12H15FO2S. The SMILES string of the molecule is O=S(CC1CCOCC1)c1ccccc1F. The van der Waals surface area contributed by atoms with Crippen molar-refractivity contribution in [2.75, 3.05) is 19.0 Å². The zero-order valence-corrected chi connectivity index (χ0v) is 9.84. The second-order valence-electron chi connectivity index (χ2n) is 4.00. The number of halogens is 1. The summed E-state index contributed by atoms with van der Waals surface area (Å²) >= 11 is 0. The van der Waals surface area contributed by atoms with E-state index in [1.807, 2.05) is 0 Å². The molecule has 1 aliphatic heterocycles. The van der Waals surface area contributed by atoms with Crippen molar-refractivity contribution in [3.63, 3.8) is 0 Å². The van der Waals surface area contributed by atoms with Crippen molar-refractivity contribution in [2.24, 2.45) is 5.92 Å². The maximum atomic E-state index is 13.4. The summed E-state index contributed by atoms with van der Waals surface area (Å²) < 4.78 is 30.6. The topological polar surface area (TPSA) is 26.3 Å². The molecule has 1 unspecified atom stereocenters. The van der Waals surface area contributed by atoms with Crippen LogP contribution in [0.25, 0.3) is 0 Å². The number of ether oxygens (including phenoxy) is 1. The summed E-state index contributed by atoms with van der Waals surface area (Å²) in [5.41, 5.74) is 0. The summed E-state index contributed by atoms with van der Waals surface area (Å²) in [7, 11) is -1.22. The van der Waals surface area contributed by atoms with Gasteiger partial charge in [0.25, 0.3) is 0 Å². The third-order valence-corrected chi connectivity index (χ3v) is 4.41. The van der Waals surface area contributed by atoms with Crippen LogP contribution in [0.15, 0.2) is 29.2 Å². The van der Waals surface area contributed by atoms with Gasteiger partial charge in [-0.25, -0.2) is 4.39 Å². The molecule has 88 valence electrons. The number of rotatable bonds is 3. The molecule has 1 aromatic carbocycles. The fraction of sp³-hybridized carbons (Fsp3) is 0.500. The van der Waals surface area contributed by atoms with E-state index >= 15 is 0 Å². The van der Waals surface area contributed by atoms with Crippen LogP contribution in [0.3, 0.4) is 0 Å². The van der Waals surface area contributed by atoms with Crippen LogP contribution >= 0.6 is 0 Å². The molecule has 0 saturated carbocycles. The molecule has 16 heavy (non-hydrogen) atoms. The lowest BCUT2D eigenvalue weighted by Crippen LogP contribution is -2.21. The quantitative estimate of drug-likeness (QED) is 0.813. The monoisotopic (exact) mass is 242 g/mol. The Morgan fingerprint density at radius 2 is 2.00 bits per heavy atom. The van der Waals surface area contributed by atoms with Gasteiger partial charge in [-0.3, -0.25) is 4.21 Å². The average Bonchev–Trinajstić information content (AvgIpc) is 2.31. The van der Waals surface area contributed by atoms with Gasteiger partial charge in [-0.15, -0.1) is 0 Å². The Morgan fingerprint density at radius 1 is 1.31 bits per heavy atom. The molecule has 1 saturated heterocycles. The fourth-order valence-corrected chi connectivity index (χ4v) is 3.30. The Balaban J connectivity index is 2.00. The van der Waals surface area contributed by atoms with Crippen molar-refractivity contribution in [2.45, 2.75) is 17.7 Å². The van der Waals surface area contributed by atoms with E-state index in [1.165, 1.54) is 6.07 Å². The molecule has 1 atom stereocenters. The molecule has 0 N–H and O–H groups in total. The molecule has 0 bridgehead atoms. The van der Waals surface area contributed by atoms with E-state index in [0.29, 0.717) is 16.6 Å². The summed E-state index contributed by atoms with van der Waals surface area (Å²) in [5, 5.41) is 0. The predicted molar refractivity (Wildman–Crippen MR) is 61.2 cm³/mol. The van der Waals surface area contributed by atoms with Crippen molar-refractivity contribution in [1.29, 1.82) is 0 Å². The zero-order valence-electron chi connectivity index (χ0n) is 9.02. The normalized spacial score (nSPS) is 19.6. The van der Waals surface area contributed by atoms with E-state index in [2.05, 4.69) is 0 Å². The van der Waals surface area contributed by atoms with Gasteiger partial charge in [-0.05, 0) is 30.9 Å². The molecule has 1 aliphatic rings. The minimum absolute atomic E-state index is 0.328. The van der Waals surface area contributed by atoms with Crippen LogP contribution in [-0.2, 0) is 15.5 Å². The minimum atomic E-state index is -1.22. The van der Waals surface area contributed by atoms with E-state index < -0.39 is 10.8 Å². The highest BCUT2D eigenvalue weighted by atomic mass is 32.2. The van der Waals surface area contributed by atoms with Crippen LogP contribution in [0.2, 0.25) is 0 Å². The van der Waals surface area contributed by atoms with E-state index in [-0.39, 0.29) is 5.82 Å². The minimum Gasteiger partial charge on any atom is -0.381 e. The van der Waals surface area contributed by atoms with Crippen LogP contribution in [-0.4, -0.2) is 23.2 Å². The van der Waals surface area contributed by atoms with E-state index in [0.717, 1.165) is 26.1 Å². The van der Waals surface area contributed by atoms with Crippen LogP contribution in [0, 0.1) is 11.7 Å². The van der Waals surface area contributed by atoms with Gasteiger partial charge >= 0.3 is 0 Å². The molecule has 1 heterocycles. The maximum absolute atomic E-state index is 13.4. The summed E-state index contributed by atoms with van der Waals surface area (Å²) in [4.78, 5) is 0.328. The lowest BCUT2D eigenvalue weighted by Gasteiger charge is -2.21. The summed E-state index contributed by atoms with van der Waals surface area (Å²) in [6.07, 6.45) is 1.86. The Bertz CT molecular complexity index is 375. The summed E-state index contributed by atoms with van der Waals surface area (Å²) in [6.45, 7) is 1.47. The van der Waals surface area contributed by atoms with Crippen LogP contribution in [0.4, 0.5) is 4.39 Å². The summed E-state index contributed by atoms with van der Waals surface area (Å²) in [6, 6.07) is 6.30. The third kappa shape index (κ3) is 2.89. The standard InChI is InChI=1S/C12H15FO2S/c13-11-3-1-2-4-12(11)16(14)9-10-5-7-15-8-6-10/h1-4,10H,5-9H2. The van der Waals surface area contributed by atoms with Gasteiger partial charge < -0.3 is 4.74 Å². The Hall–Kier alpha value is -0.740. The second-order valence-corrected chi connectivity index (χ2v) is 5.46. The van der Waals surface area contributed by atoms with Gasteiger partial charge in [0.05, 0.1) is 15.7 Å². The van der Waals surface area contributed by atoms with Crippen molar-refractivity contribution < 1.29 is 13.3 Å². The molecule has 0 radical (unpaired) electrons. The van der Waals surface area contributed by atoms with Crippen molar-refractivity contribution >= 4 is 10.8 Å². The molecule has 4 heteroatoms. The first-order valence-electron chi connectivity index (χ1n) is 5.48. The van der Waals surface area contributed by atoms with Gasteiger partial charge in [-0.2, -0.15) is 0 Å². The molecule has 1 aromatic rings. The first kappa shape index (κ1) is 11.7. The molecular weight excluding hydrogens is 227 g/mol. The molecule has 0 aromatic heterocycles. The van der Waals surface area contributed by atoms with Crippen LogP contribution < -0.4 is 0 Å². The third-order valence-electron chi connectivity index (χ3n) is 2.81. The van der Waals surface area contributed by atoms with E-state index in [1.54, 1.807) is 18.2 Å². The molecule has 0 amide bonds. The lowest BCUT2D eigenvalue weighted by molar-refractivity contribution is 0.0725. The smallest absolute Gasteiger partial charge is 0.139 e. The van der Waals surface area contributed by atoms with Crippen LogP contribution in [0.5, 0.6) is 0 Å². The van der Waals surface area contributed by atoms with Crippen molar-refractivity contribution in [1.82, 2.24) is 0 Å². The molecule has 1 fully saturated rings. The summed E-state index contributed by atoms with van der Waals surface area (Å²) in [5.74, 6) is 0.576. The average molecular weight is 242 g/mol. The largest absolute Gasteiger partial charge is 0.381 e. The van der Waals surface area contributed by atoms with Gasteiger partial charge in [-0.1, -0.05) is 12.1 Å². The second kappa shape index (κ2) is 5.55. The fourth-order valence-electron chi connectivity index (χ4n) is 1.85. The number of hydrogen-bond acceptors (Lipinski definition) is 2. The molecule has 0 spiro atoms. The number of hydrogen-bond donors (Lipinski definition) is 0. The first-order chi connectivity index (χ1) is 7.77. The van der Waals surface area contributed by atoms with Gasteiger partial charge in [0.2, 0.25) is 0 Å². The maximum Gasteiger partial charge on any atom is 0.139 e. The number of benzene rings is 1. The van der Waals surface area contributed by atoms with E-state index in [9.17, 15) is 8.60 Å². The van der Waals surface area contributed by atoms with E-state index in [4.69, 9.17) is 4.74 Å². The van der Waals surface area contributed by atoms with Crippen LogP contribution in [0.1, 0.15) is 12.8 Å². The van der Waals surface area contributed by atoms with Gasteiger partial charge in [0.15, 0.2) is 0 Å². The highest BCUT2D eigenvalue weighted by molar-refractivity contribution is 7.85. The Kier molecular flexibility index (Phi) is 4.07. The molecule has 0 aliphatic carbocycles. The Morgan fingerprint density at radius 3 is 2.69 bits per heavy atom. The highest BCUT2D eigenvalue weighted by Crippen LogP contribution is 2.20.